The lowest BCUT2D eigenvalue weighted by atomic mass is 10.1. The molecule has 1 heterocycles. The van der Waals surface area contributed by atoms with Crippen molar-refractivity contribution >= 4 is 34.2 Å². The van der Waals surface area contributed by atoms with Crippen molar-refractivity contribution in [1.82, 2.24) is 9.47 Å². The molecule has 0 saturated carbocycles. The Balaban J connectivity index is 1.91. The van der Waals surface area contributed by atoms with E-state index in [1.165, 1.54) is 7.11 Å². The van der Waals surface area contributed by atoms with E-state index in [2.05, 4.69) is 5.32 Å². The van der Waals surface area contributed by atoms with Crippen molar-refractivity contribution in [1.29, 1.82) is 0 Å². The molecule has 0 bridgehead atoms. The molecule has 7 heteroatoms. The molecule has 0 unspecified atom stereocenters. The lowest BCUT2D eigenvalue weighted by Crippen LogP contribution is -2.33. The molecule has 7 nitrogen and oxygen atoms in total. The van der Waals surface area contributed by atoms with Crippen molar-refractivity contribution in [2.45, 2.75) is 20.4 Å². The van der Waals surface area contributed by atoms with Crippen molar-refractivity contribution in [3.05, 3.63) is 60.3 Å². The van der Waals surface area contributed by atoms with E-state index in [1.54, 1.807) is 52.1 Å². The van der Waals surface area contributed by atoms with E-state index in [1.807, 2.05) is 26.0 Å². The van der Waals surface area contributed by atoms with E-state index in [-0.39, 0.29) is 18.0 Å². The number of carbonyl (C=O) groups is 3. The summed E-state index contributed by atoms with van der Waals surface area (Å²) in [5.74, 6) is -1.02. The van der Waals surface area contributed by atoms with Crippen LogP contribution >= 0.6 is 0 Å². The Morgan fingerprint density at radius 2 is 1.67 bits per heavy atom. The quantitative estimate of drug-likeness (QED) is 0.459. The fourth-order valence-electron chi connectivity index (χ4n) is 3.43. The maximum atomic E-state index is 12.9. The van der Waals surface area contributed by atoms with Gasteiger partial charge in [-0.05, 0) is 32.0 Å². The van der Waals surface area contributed by atoms with Gasteiger partial charge in [0.1, 0.15) is 12.3 Å². The largest absolute Gasteiger partial charge is 0.495 e. The monoisotopic (exact) mass is 407 g/mol. The fraction of sp³-hybridized carbons (Fsp3) is 0.261. The Hall–Kier alpha value is -3.61. The van der Waals surface area contributed by atoms with Gasteiger partial charge in [-0.2, -0.15) is 0 Å². The summed E-state index contributed by atoms with van der Waals surface area (Å²) in [5, 5.41) is 3.24. The summed E-state index contributed by atoms with van der Waals surface area (Å²) in [4.78, 5) is 39.9. The van der Waals surface area contributed by atoms with Crippen LogP contribution in [0.15, 0.2) is 54.7 Å². The first-order chi connectivity index (χ1) is 14.5. The van der Waals surface area contributed by atoms with Gasteiger partial charge in [0.25, 0.3) is 11.7 Å². The van der Waals surface area contributed by atoms with Crippen LogP contribution in [-0.4, -0.2) is 47.3 Å². The second-order valence-corrected chi connectivity index (χ2v) is 6.74. The first-order valence-corrected chi connectivity index (χ1v) is 9.84. The topological polar surface area (TPSA) is 80.6 Å². The van der Waals surface area contributed by atoms with Gasteiger partial charge < -0.3 is 19.5 Å². The standard InChI is InChI=1S/C23H25N3O4/c1-4-25(5-2)21(27)15-26-14-17(16-10-6-8-12-19(16)26)22(28)23(29)24-18-11-7-9-13-20(18)30-3/h6-14H,4-5,15H2,1-3H3,(H,24,29). The van der Waals surface area contributed by atoms with Gasteiger partial charge in [-0.1, -0.05) is 30.3 Å². The van der Waals surface area contributed by atoms with Gasteiger partial charge in [0.2, 0.25) is 5.91 Å². The number of nitrogens with zero attached hydrogens (tertiary/aromatic N) is 2. The Bertz CT molecular complexity index is 1080. The molecule has 30 heavy (non-hydrogen) atoms. The fourth-order valence-corrected chi connectivity index (χ4v) is 3.43. The molecule has 3 rings (SSSR count). The summed E-state index contributed by atoms with van der Waals surface area (Å²) < 4.78 is 6.94. The Kier molecular flexibility index (Phi) is 6.51. The van der Waals surface area contributed by atoms with Crippen molar-refractivity contribution in [3.63, 3.8) is 0 Å². The Labute approximate surface area is 175 Å². The third-order valence-electron chi connectivity index (χ3n) is 5.02. The highest BCUT2D eigenvalue weighted by Crippen LogP contribution is 2.25. The molecule has 0 atom stereocenters. The highest BCUT2D eigenvalue weighted by molar-refractivity contribution is 6.48. The van der Waals surface area contributed by atoms with Crippen LogP contribution in [0, 0.1) is 0 Å². The van der Waals surface area contributed by atoms with E-state index in [4.69, 9.17) is 4.74 Å². The van der Waals surface area contributed by atoms with Crippen LogP contribution in [0.4, 0.5) is 5.69 Å². The second kappa shape index (κ2) is 9.26. The van der Waals surface area contributed by atoms with Crippen LogP contribution in [0.5, 0.6) is 5.75 Å². The summed E-state index contributed by atoms with van der Waals surface area (Å²) >= 11 is 0. The van der Waals surface area contributed by atoms with E-state index in [0.717, 1.165) is 5.52 Å². The number of Topliss-reactive ketones (excluding diaryl/α,β-unsaturated/α-hetero) is 1. The van der Waals surface area contributed by atoms with Crippen molar-refractivity contribution < 1.29 is 19.1 Å². The number of fused-ring (bicyclic) bond motifs is 1. The predicted molar refractivity (Wildman–Crippen MR) is 116 cm³/mol. The maximum absolute atomic E-state index is 12.9. The van der Waals surface area contributed by atoms with E-state index < -0.39 is 11.7 Å². The summed E-state index contributed by atoms with van der Waals surface area (Å²) in [6, 6.07) is 14.1. The van der Waals surface area contributed by atoms with E-state index >= 15 is 0 Å². The highest BCUT2D eigenvalue weighted by Gasteiger charge is 2.23. The molecule has 0 aliphatic rings. The molecule has 0 fully saturated rings. The van der Waals surface area contributed by atoms with Crippen LogP contribution in [0.2, 0.25) is 0 Å². The van der Waals surface area contributed by atoms with Crippen LogP contribution in [0.1, 0.15) is 24.2 Å². The maximum Gasteiger partial charge on any atom is 0.296 e. The molecular weight excluding hydrogens is 382 g/mol. The number of methoxy groups -OCH3 is 1. The molecular formula is C23H25N3O4. The minimum absolute atomic E-state index is 0.0433. The molecule has 1 aromatic heterocycles. The van der Waals surface area contributed by atoms with Gasteiger partial charge in [0, 0.05) is 30.2 Å². The number of hydrogen-bond acceptors (Lipinski definition) is 4. The van der Waals surface area contributed by atoms with Crippen LogP contribution < -0.4 is 10.1 Å². The van der Waals surface area contributed by atoms with Gasteiger partial charge in [0.15, 0.2) is 0 Å². The predicted octanol–water partition coefficient (Wildman–Crippen LogP) is 3.34. The number of anilines is 1. The minimum atomic E-state index is -0.766. The molecule has 3 aromatic rings. The molecule has 0 radical (unpaired) electrons. The van der Waals surface area contributed by atoms with Gasteiger partial charge in [-0.3, -0.25) is 14.4 Å². The molecule has 0 aliphatic carbocycles. The number of rotatable bonds is 8. The van der Waals surface area contributed by atoms with Crippen LogP contribution in [0.25, 0.3) is 10.9 Å². The van der Waals surface area contributed by atoms with Crippen LogP contribution in [-0.2, 0) is 16.1 Å². The summed E-state index contributed by atoms with van der Waals surface area (Å²) in [6.07, 6.45) is 1.58. The zero-order chi connectivity index (χ0) is 21.7. The summed E-state index contributed by atoms with van der Waals surface area (Å²) in [6.45, 7) is 5.17. The first-order valence-electron chi connectivity index (χ1n) is 9.84. The minimum Gasteiger partial charge on any atom is -0.495 e. The molecule has 0 aliphatic heterocycles. The van der Waals surface area contributed by atoms with Gasteiger partial charge >= 0.3 is 0 Å². The SMILES string of the molecule is CCN(CC)C(=O)Cn1cc(C(=O)C(=O)Nc2ccccc2OC)c2ccccc21. The van der Waals surface area contributed by atoms with Gasteiger partial charge in [-0.15, -0.1) is 0 Å². The van der Waals surface area contributed by atoms with Crippen molar-refractivity contribution in [2.24, 2.45) is 0 Å². The highest BCUT2D eigenvalue weighted by atomic mass is 16.5. The molecule has 0 saturated heterocycles. The third kappa shape index (κ3) is 4.20. The number of aromatic nitrogens is 1. The average molecular weight is 407 g/mol. The number of likely N-dealkylation sites (N-methyl/N-ethyl adjacent to an activating group) is 1. The first kappa shape index (κ1) is 21.1. The van der Waals surface area contributed by atoms with Gasteiger partial charge in [0.05, 0.1) is 18.4 Å². The lowest BCUT2D eigenvalue weighted by Gasteiger charge is -2.19. The molecule has 2 amide bonds. The lowest BCUT2D eigenvalue weighted by molar-refractivity contribution is -0.131. The van der Waals surface area contributed by atoms with E-state index in [0.29, 0.717) is 29.9 Å². The number of nitrogens with one attached hydrogen (secondary N) is 1. The molecule has 156 valence electrons. The van der Waals surface area contributed by atoms with Crippen molar-refractivity contribution in [3.8, 4) is 5.75 Å². The number of benzene rings is 2. The molecule has 2 aromatic carbocycles. The number of ketones is 1. The average Bonchev–Trinajstić information content (AvgIpc) is 3.12. The van der Waals surface area contributed by atoms with E-state index in [9.17, 15) is 14.4 Å². The third-order valence-corrected chi connectivity index (χ3v) is 5.02. The smallest absolute Gasteiger partial charge is 0.296 e. The number of amides is 2. The molecule has 1 N–H and O–H groups in total. The second-order valence-electron chi connectivity index (χ2n) is 6.74. The zero-order valence-electron chi connectivity index (χ0n) is 17.3. The summed E-state index contributed by atoms with van der Waals surface area (Å²) in [7, 11) is 1.49. The molecule has 0 spiro atoms. The number of carbonyl (C=O) groups excluding carboxylic acids is 3. The normalized spacial score (nSPS) is 10.6. The zero-order valence-corrected chi connectivity index (χ0v) is 17.3. The number of hydrogen-bond donors (Lipinski definition) is 1. The van der Waals surface area contributed by atoms with Crippen LogP contribution in [0.3, 0.4) is 0 Å². The van der Waals surface area contributed by atoms with Gasteiger partial charge in [-0.25, -0.2) is 0 Å². The van der Waals surface area contributed by atoms with Crippen molar-refractivity contribution in [2.75, 3.05) is 25.5 Å². The Morgan fingerprint density at radius 3 is 2.37 bits per heavy atom. The Morgan fingerprint density at radius 1 is 1.00 bits per heavy atom. The summed E-state index contributed by atoms with van der Waals surface area (Å²) in [5.41, 5.74) is 1.40. The number of ether oxygens (including phenoxy) is 1. The number of para-hydroxylation sites is 3.